The van der Waals surface area contributed by atoms with Crippen molar-refractivity contribution in [3.05, 3.63) is 59.7 Å². The van der Waals surface area contributed by atoms with Gasteiger partial charge in [0.25, 0.3) is 0 Å². The number of hydrogen-bond acceptors (Lipinski definition) is 6. The number of tetrazole rings is 1. The predicted molar refractivity (Wildman–Crippen MR) is 96.7 cm³/mol. The largest absolute Gasteiger partial charge is 0.573 e. The fraction of sp³-hybridized carbons (Fsp3) is 0.222. The van der Waals surface area contributed by atoms with E-state index >= 15 is 0 Å². The number of ketones is 1. The molecule has 0 spiro atoms. The first-order chi connectivity index (χ1) is 13.2. The van der Waals surface area contributed by atoms with E-state index in [1.54, 1.807) is 19.1 Å². The Bertz CT molecular complexity index is 956. The van der Waals surface area contributed by atoms with Crippen molar-refractivity contribution in [3.63, 3.8) is 0 Å². The molecule has 1 unspecified atom stereocenters. The van der Waals surface area contributed by atoms with E-state index in [2.05, 4.69) is 20.3 Å². The highest BCUT2D eigenvalue weighted by Crippen LogP contribution is 2.27. The molecule has 3 rings (SSSR count). The molecular weight excluding hydrogens is 393 g/mol. The zero-order valence-corrected chi connectivity index (χ0v) is 15.7. The highest BCUT2D eigenvalue weighted by Gasteiger charge is 2.31. The summed E-state index contributed by atoms with van der Waals surface area (Å²) >= 11 is 1.16. The van der Waals surface area contributed by atoms with Crippen LogP contribution in [0.3, 0.4) is 0 Å². The molecule has 1 atom stereocenters. The Hall–Kier alpha value is -2.88. The van der Waals surface area contributed by atoms with Gasteiger partial charge in [-0.25, -0.2) is 0 Å². The molecule has 0 bridgehead atoms. The maximum atomic E-state index is 12.6. The Morgan fingerprint density at radius 2 is 1.75 bits per heavy atom. The third-order valence-electron chi connectivity index (χ3n) is 3.74. The maximum absolute atomic E-state index is 12.6. The number of carbonyl (C=O) groups is 1. The normalized spacial score (nSPS) is 12.6. The summed E-state index contributed by atoms with van der Waals surface area (Å²) in [4.78, 5) is 12.6. The van der Waals surface area contributed by atoms with Gasteiger partial charge in [0, 0.05) is 5.56 Å². The molecule has 1 heterocycles. The molecule has 0 aliphatic carbocycles. The fourth-order valence-electron chi connectivity index (χ4n) is 2.37. The number of carbonyl (C=O) groups excluding carboxylic acids is 1. The number of Topliss-reactive ketones (excluding diaryl/α,β-unsaturated/α-hetero) is 1. The molecule has 0 N–H and O–H groups in total. The molecule has 146 valence electrons. The lowest BCUT2D eigenvalue weighted by Gasteiger charge is -2.11. The number of rotatable bonds is 6. The SMILES string of the molecule is Cc1ccc(C(=O)C(C)Sc2nnnn2-c2ccc(OC(F)(F)F)cc2)cc1. The first kappa shape index (κ1) is 19.9. The van der Waals surface area contributed by atoms with E-state index in [0.29, 0.717) is 16.4 Å². The smallest absolute Gasteiger partial charge is 0.406 e. The Labute approximate surface area is 162 Å². The zero-order chi connectivity index (χ0) is 20.3. The topological polar surface area (TPSA) is 69.9 Å². The molecule has 0 aliphatic rings. The fourth-order valence-corrected chi connectivity index (χ4v) is 3.25. The van der Waals surface area contributed by atoms with Crippen molar-refractivity contribution >= 4 is 17.5 Å². The molecule has 0 fully saturated rings. The van der Waals surface area contributed by atoms with Gasteiger partial charge in [-0.1, -0.05) is 41.6 Å². The van der Waals surface area contributed by atoms with Crippen molar-refractivity contribution in [2.24, 2.45) is 0 Å². The van der Waals surface area contributed by atoms with Crippen LogP contribution >= 0.6 is 11.8 Å². The average Bonchev–Trinajstić information content (AvgIpc) is 3.09. The summed E-state index contributed by atoms with van der Waals surface area (Å²) in [6.45, 7) is 3.68. The Kier molecular flexibility index (Phi) is 5.68. The molecule has 0 radical (unpaired) electrons. The maximum Gasteiger partial charge on any atom is 0.573 e. The van der Waals surface area contributed by atoms with Gasteiger partial charge in [-0.05, 0) is 48.5 Å². The van der Waals surface area contributed by atoms with Gasteiger partial charge in [0.2, 0.25) is 5.16 Å². The molecule has 0 aliphatic heterocycles. The van der Waals surface area contributed by atoms with Gasteiger partial charge in [-0.15, -0.1) is 18.3 Å². The minimum absolute atomic E-state index is 0.0755. The standard InChI is InChI=1S/C18H15F3N4O2S/c1-11-3-5-13(6-4-11)16(26)12(2)28-17-22-23-24-25(17)14-7-9-15(10-8-14)27-18(19,20)21/h3-10,12H,1-2H3. The van der Waals surface area contributed by atoms with Crippen LogP contribution < -0.4 is 4.74 Å². The second kappa shape index (κ2) is 8.01. The first-order valence-electron chi connectivity index (χ1n) is 8.15. The van der Waals surface area contributed by atoms with Gasteiger partial charge in [0.05, 0.1) is 10.9 Å². The molecule has 10 heteroatoms. The number of nitrogens with zero attached hydrogens (tertiary/aromatic N) is 4. The summed E-state index contributed by atoms with van der Waals surface area (Å²) in [5.74, 6) is -0.421. The Morgan fingerprint density at radius 1 is 1.11 bits per heavy atom. The van der Waals surface area contributed by atoms with Crippen LogP contribution in [0.5, 0.6) is 5.75 Å². The number of aryl methyl sites for hydroxylation is 1. The van der Waals surface area contributed by atoms with Gasteiger partial charge in [-0.2, -0.15) is 4.68 Å². The van der Waals surface area contributed by atoms with E-state index in [4.69, 9.17) is 0 Å². The molecule has 0 saturated heterocycles. The van der Waals surface area contributed by atoms with E-state index < -0.39 is 11.6 Å². The number of halogens is 3. The van der Waals surface area contributed by atoms with Gasteiger partial charge in [0.15, 0.2) is 5.78 Å². The molecule has 1 aromatic heterocycles. The third kappa shape index (κ3) is 4.89. The van der Waals surface area contributed by atoms with Gasteiger partial charge in [-0.3, -0.25) is 4.79 Å². The zero-order valence-electron chi connectivity index (χ0n) is 14.8. The minimum atomic E-state index is -4.76. The van der Waals surface area contributed by atoms with E-state index in [0.717, 1.165) is 17.3 Å². The molecule has 0 amide bonds. The summed E-state index contributed by atoms with van der Waals surface area (Å²) < 4.78 is 42.0. The number of hydrogen-bond donors (Lipinski definition) is 0. The molecule has 3 aromatic rings. The molecule has 28 heavy (non-hydrogen) atoms. The van der Waals surface area contributed by atoms with Gasteiger partial charge in [0.1, 0.15) is 5.75 Å². The lowest BCUT2D eigenvalue weighted by atomic mass is 10.1. The van der Waals surface area contributed by atoms with E-state index in [1.807, 2.05) is 19.1 Å². The van der Waals surface area contributed by atoms with Crippen molar-refractivity contribution in [2.75, 3.05) is 0 Å². The number of benzene rings is 2. The van der Waals surface area contributed by atoms with Crippen LogP contribution in [0.1, 0.15) is 22.8 Å². The van der Waals surface area contributed by atoms with Gasteiger partial charge < -0.3 is 4.74 Å². The number of alkyl halides is 3. The Morgan fingerprint density at radius 3 is 2.36 bits per heavy atom. The Balaban J connectivity index is 1.74. The highest BCUT2D eigenvalue weighted by atomic mass is 32.2. The minimum Gasteiger partial charge on any atom is -0.406 e. The van der Waals surface area contributed by atoms with Crippen LogP contribution in [-0.2, 0) is 0 Å². The monoisotopic (exact) mass is 408 g/mol. The molecular formula is C18H15F3N4O2S. The lowest BCUT2D eigenvalue weighted by Crippen LogP contribution is -2.17. The van der Waals surface area contributed by atoms with Crippen LogP contribution in [0, 0.1) is 6.92 Å². The van der Waals surface area contributed by atoms with Crippen molar-refractivity contribution in [1.29, 1.82) is 0 Å². The van der Waals surface area contributed by atoms with Crippen molar-refractivity contribution in [2.45, 2.75) is 30.6 Å². The van der Waals surface area contributed by atoms with Crippen LogP contribution in [0.4, 0.5) is 13.2 Å². The van der Waals surface area contributed by atoms with E-state index in [1.165, 1.54) is 28.9 Å². The van der Waals surface area contributed by atoms with E-state index in [9.17, 15) is 18.0 Å². The summed E-state index contributed by atoms with van der Waals surface area (Å²) in [6, 6.07) is 12.4. The van der Waals surface area contributed by atoms with Crippen molar-refractivity contribution in [3.8, 4) is 11.4 Å². The highest BCUT2D eigenvalue weighted by molar-refractivity contribution is 8.00. The second-order valence-corrected chi connectivity index (χ2v) is 7.21. The lowest BCUT2D eigenvalue weighted by molar-refractivity contribution is -0.274. The van der Waals surface area contributed by atoms with Crippen molar-refractivity contribution in [1.82, 2.24) is 20.2 Å². The number of ether oxygens (including phenoxy) is 1. The van der Waals surface area contributed by atoms with Gasteiger partial charge >= 0.3 is 6.36 Å². The summed E-state index contributed by atoms with van der Waals surface area (Å²) in [7, 11) is 0. The quantitative estimate of drug-likeness (QED) is 0.449. The summed E-state index contributed by atoms with van der Waals surface area (Å²) in [5.41, 5.74) is 2.08. The van der Waals surface area contributed by atoms with Crippen LogP contribution in [0.15, 0.2) is 53.7 Å². The summed E-state index contributed by atoms with van der Waals surface area (Å²) in [6.07, 6.45) is -4.76. The van der Waals surface area contributed by atoms with Crippen LogP contribution in [-0.4, -0.2) is 37.6 Å². The number of thioether (sulfide) groups is 1. The molecule has 0 saturated carbocycles. The number of aromatic nitrogens is 4. The molecule has 6 nitrogen and oxygen atoms in total. The van der Waals surface area contributed by atoms with Crippen molar-refractivity contribution < 1.29 is 22.7 Å². The molecule has 2 aromatic carbocycles. The first-order valence-corrected chi connectivity index (χ1v) is 9.03. The summed E-state index contributed by atoms with van der Waals surface area (Å²) in [5, 5.41) is 11.2. The van der Waals surface area contributed by atoms with Crippen LogP contribution in [0.25, 0.3) is 5.69 Å². The predicted octanol–water partition coefficient (Wildman–Crippen LogP) is 4.23. The van der Waals surface area contributed by atoms with E-state index in [-0.39, 0.29) is 11.5 Å². The third-order valence-corrected chi connectivity index (χ3v) is 4.78. The average molecular weight is 408 g/mol. The van der Waals surface area contributed by atoms with Crippen LogP contribution in [0.2, 0.25) is 0 Å². The second-order valence-electron chi connectivity index (χ2n) is 5.91.